The number of allylic oxidation sites excluding steroid dienone is 1. The number of aliphatic hydroxyl groups excluding tert-OH is 2. The molecule has 0 amide bonds. The van der Waals surface area contributed by atoms with Crippen molar-refractivity contribution in [2.24, 2.45) is 0 Å². The quantitative estimate of drug-likeness (QED) is 0.415. The van der Waals surface area contributed by atoms with E-state index in [0.717, 1.165) is 13.0 Å². The van der Waals surface area contributed by atoms with Crippen molar-refractivity contribution in [3.05, 3.63) is 11.6 Å². The van der Waals surface area contributed by atoms with Gasteiger partial charge >= 0.3 is 0 Å². The average Bonchev–Trinajstić information content (AvgIpc) is 2.64. The molecule has 0 saturated carbocycles. The zero-order chi connectivity index (χ0) is 9.52. The second-order valence-electron chi connectivity index (χ2n) is 3.55. The molecule has 0 radical (unpaired) electrons. The zero-order valence-corrected chi connectivity index (χ0v) is 8.00. The summed E-state index contributed by atoms with van der Waals surface area (Å²) >= 11 is 0. The number of rotatable bonds is 6. The minimum absolute atomic E-state index is 0.157. The van der Waals surface area contributed by atoms with Gasteiger partial charge in [0.15, 0.2) is 0 Å². The van der Waals surface area contributed by atoms with Gasteiger partial charge in [0, 0.05) is 6.54 Å². The molecule has 0 aliphatic heterocycles. The van der Waals surface area contributed by atoms with Gasteiger partial charge in [-0.1, -0.05) is 11.6 Å². The van der Waals surface area contributed by atoms with E-state index in [-0.39, 0.29) is 6.61 Å². The normalized spacial score (nSPS) is 18.8. The van der Waals surface area contributed by atoms with Gasteiger partial charge in [-0.25, -0.2) is 0 Å². The van der Waals surface area contributed by atoms with Crippen LogP contribution in [0.25, 0.3) is 0 Å². The molecule has 0 aromatic heterocycles. The molecule has 0 saturated heterocycles. The van der Waals surface area contributed by atoms with Crippen LogP contribution in [0.15, 0.2) is 11.6 Å². The summed E-state index contributed by atoms with van der Waals surface area (Å²) in [6, 6.07) is 0. The maximum Gasteiger partial charge on any atom is 0.0894 e. The van der Waals surface area contributed by atoms with Gasteiger partial charge in [-0.05, 0) is 32.2 Å². The summed E-state index contributed by atoms with van der Waals surface area (Å²) in [5.41, 5.74) is 1.53. The summed E-state index contributed by atoms with van der Waals surface area (Å²) < 4.78 is 0. The number of nitrogens with one attached hydrogen (secondary N) is 1. The third-order valence-electron chi connectivity index (χ3n) is 2.35. The molecule has 0 fully saturated rings. The molecule has 3 N–H and O–H groups in total. The molecule has 76 valence electrons. The average molecular weight is 185 g/mol. The highest BCUT2D eigenvalue weighted by atomic mass is 16.3. The topological polar surface area (TPSA) is 52.5 Å². The fraction of sp³-hybridized carbons (Fsp3) is 0.800. The van der Waals surface area contributed by atoms with Crippen molar-refractivity contribution >= 4 is 0 Å². The maximum atomic E-state index is 9.02. The maximum absolute atomic E-state index is 9.02. The lowest BCUT2D eigenvalue weighted by Gasteiger charge is -2.08. The highest BCUT2D eigenvalue weighted by Crippen LogP contribution is 2.19. The van der Waals surface area contributed by atoms with E-state index in [4.69, 9.17) is 10.2 Å². The zero-order valence-electron chi connectivity index (χ0n) is 8.00. The van der Waals surface area contributed by atoms with Gasteiger partial charge in [0.05, 0.1) is 12.7 Å². The van der Waals surface area contributed by atoms with E-state index in [9.17, 15) is 0 Å². The Bertz CT molecular complexity index is 168. The second kappa shape index (κ2) is 6.13. The van der Waals surface area contributed by atoms with E-state index in [1.54, 1.807) is 0 Å². The molecule has 1 aliphatic rings. The van der Waals surface area contributed by atoms with E-state index >= 15 is 0 Å². The van der Waals surface area contributed by atoms with Crippen LogP contribution in [0.5, 0.6) is 0 Å². The van der Waals surface area contributed by atoms with Crippen LogP contribution in [0.1, 0.15) is 25.7 Å². The fourth-order valence-electron chi connectivity index (χ4n) is 1.55. The third-order valence-corrected chi connectivity index (χ3v) is 2.35. The van der Waals surface area contributed by atoms with Crippen molar-refractivity contribution in [1.29, 1.82) is 0 Å². The van der Waals surface area contributed by atoms with Gasteiger partial charge in [-0.2, -0.15) is 0 Å². The summed E-state index contributed by atoms with van der Waals surface area (Å²) in [6.45, 7) is 1.24. The van der Waals surface area contributed by atoms with Crippen molar-refractivity contribution in [2.75, 3.05) is 19.7 Å². The molecular weight excluding hydrogens is 166 g/mol. The molecule has 1 aliphatic carbocycles. The Balaban J connectivity index is 1.94. The first-order chi connectivity index (χ1) is 6.33. The summed E-state index contributed by atoms with van der Waals surface area (Å²) in [7, 11) is 0. The van der Waals surface area contributed by atoms with Crippen LogP contribution in [0.2, 0.25) is 0 Å². The monoisotopic (exact) mass is 185 g/mol. The highest BCUT2D eigenvalue weighted by Gasteiger charge is 2.04. The Hall–Kier alpha value is -0.380. The van der Waals surface area contributed by atoms with Gasteiger partial charge in [0.1, 0.15) is 0 Å². The van der Waals surface area contributed by atoms with Gasteiger partial charge < -0.3 is 15.5 Å². The summed E-state index contributed by atoms with van der Waals surface area (Å²) in [5, 5.41) is 20.7. The first-order valence-corrected chi connectivity index (χ1v) is 5.00. The molecular formula is C10H19NO2. The first kappa shape index (κ1) is 10.7. The smallest absolute Gasteiger partial charge is 0.0894 e. The van der Waals surface area contributed by atoms with Crippen molar-refractivity contribution in [3.63, 3.8) is 0 Å². The Morgan fingerprint density at radius 3 is 3.00 bits per heavy atom. The van der Waals surface area contributed by atoms with Gasteiger partial charge in [0.25, 0.3) is 0 Å². The molecule has 1 rings (SSSR count). The van der Waals surface area contributed by atoms with Crippen LogP contribution in [0.4, 0.5) is 0 Å². The highest BCUT2D eigenvalue weighted by molar-refractivity contribution is 5.07. The molecule has 1 atom stereocenters. The lowest BCUT2D eigenvalue weighted by molar-refractivity contribution is 0.0947. The Kier molecular flexibility index (Phi) is 5.05. The number of aliphatic hydroxyl groups is 2. The van der Waals surface area contributed by atoms with Gasteiger partial charge in [0.2, 0.25) is 0 Å². The second-order valence-corrected chi connectivity index (χ2v) is 3.55. The largest absolute Gasteiger partial charge is 0.394 e. The molecule has 0 unspecified atom stereocenters. The SMILES string of the molecule is OC[C@@H](O)CNCCC1=CCCC1. The molecule has 3 nitrogen and oxygen atoms in total. The summed E-state index contributed by atoms with van der Waals surface area (Å²) in [5.74, 6) is 0. The first-order valence-electron chi connectivity index (χ1n) is 5.00. The van der Waals surface area contributed by atoms with Crippen molar-refractivity contribution in [3.8, 4) is 0 Å². The van der Waals surface area contributed by atoms with Crippen LogP contribution in [-0.4, -0.2) is 36.0 Å². The van der Waals surface area contributed by atoms with Crippen LogP contribution in [-0.2, 0) is 0 Å². The summed E-state index contributed by atoms with van der Waals surface area (Å²) in [4.78, 5) is 0. The van der Waals surface area contributed by atoms with E-state index in [1.165, 1.54) is 24.8 Å². The minimum atomic E-state index is -0.613. The minimum Gasteiger partial charge on any atom is -0.394 e. The van der Waals surface area contributed by atoms with Crippen LogP contribution < -0.4 is 5.32 Å². The Morgan fingerprint density at radius 2 is 2.38 bits per heavy atom. The van der Waals surface area contributed by atoms with E-state index in [0.29, 0.717) is 6.54 Å². The van der Waals surface area contributed by atoms with Crippen molar-refractivity contribution < 1.29 is 10.2 Å². The Labute approximate surface area is 79.5 Å². The standard InChI is InChI=1S/C10H19NO2/c12-8-10(13)7-11-6-5-9-3-1-2-4-9/h3,10-13H,1-2,4-8H2/t10-/m0/s1. The summed E-state index contributed by atoms with van der Waals surface area (Å²) in [6.07, 6.45) is 6.55. The predicted molar refractivity (Wildman–Crippen MR) is 52.5 cm³/mol. The van der Waals surface area contributed by atoms with Crippen molar-refractivity contribution in [1.82, 2.24) is 5.32 Å². The molecule has 0 aromatic rings. The van der Waals surface area contributed by atoms with Crippen LogP contribution in [0, 0.1) is 0 Å². The number of hydrogen-bond acceptors (Lipinski definition) is 3. The predicted octanol–water partition coefficient (Wildman–Crippen LogP) is 0.430. The molecule has 0 aromatic carbocycles. The molecule has 0 bridgehead atoms. The number of hydrogen-bond donors (Lipinski definition) is 3. The van der Waals surface area contributed by atoms with Crippen LogP contribution >= 0.6 is 0 Å². The molecule has 0 heterocycles. The Morgan fingerprint density at radius 1 is 1.54 bits per heavy atom. The van der Waals surface area contributed by atoms with E-state index < -0.39 is 6.10 Å². The van der Waals surface area contributed by atoms with E-state index in [2.05, 4.69) is 11.4 Å². The lowest BCUT2D eigenvalue weighted by atomic mass is 10.2. The molecule has 13 heavy (non-hydrogen) atoms. The lowest BCUT2D eigenvalue weighted by Crippen LogP contribution is -2.30. The van der Waals surface area contributed by atoms with Crippen LogP contribution in [0.3, 0.4) is 0 Å². The van der Waals surface area contributed by atoms with Gasteiger partial charge in [-0.3, -0.25) is 0 Å². The van der Waals surface area contributed by atoms with E-state index in [1.807, 2.05) is 0 Å². The van der Waals surface area contributed by atoms with Gasteiger partial charge in [-0.15, -0.1) is 0 Å². The molecule has 3 heteroatoms. The third kappa shape index (κ3) is 4.41. The van der Waals surface area contributed by atoms with Crippen molar-refractivity contribution in [2.45, 2.75) is 31.8 Å². The fourth-order valence-corrected chi connectivity index (χ4v) is 1.55. The molecule has 0 spiro atoms.